The molecule has 0 aliphatic carbocycles. The Morgan fingerprint density at radius 3 is 2.30 bits per heavy atom. The summed E-state index contributed by atoms with van der Waals surface area (Å²) < 4.78 is 36.9. The number of benzene rings is 2. The summed E-state index contributed by atoms with van der Waals surface area (Å²) in [5.41, 5.74) is 4.31. The molecular formula is C29H36N4O3S. The van der Waals surface area contributed by atoms with Crippen LogP contribution in [0.2, 0.25) is 0 Å². The minimum Gasteiger partial charge on any atom is -0.359 e. The first-order valence-corrected chi connectivity index (χ1v) is 14.0. The Labute approximate surface area is 220 Å². The fraction of sp³-hybridized carbons (Fsp3) is 0.379. The predicted molar refractivity (Wildman–Crippen MR) is 147 cm³/mol. The van der Waals surface area contributed by atoms with Crippen LogP contribution in [0.4, 0.5) is 5.82 Å². The fourth-order valence-corrected chi connectivity index (χ4v) is 5.67. The van der Waals surface area contributed by atoms with Gasteiger partial charge in [0.05, 0.1) is 4.90 Å². The fourth-order valence-electron chi connectivity index (χ4n) is 4.40. The van der Waals surface area contributed by atoms with Gasteiger partial charge in [0.25, 0.3) is 10.0 Å². The van der Waals surface area contributed by atoms with Crippen LogP contribution in [0, 0.1) is 19.8 Å². The zero-order chi connectivity index (χ0) is 27.0. The van der Waals surface area contributed by atoms with Crippen molar-refractivity contribution >= 4 is 15.8 Å². The molecule has 0 aliphatic rings. The molecule has 0 bridgehead atoms. The third-order valence-corrected chi connectivity index (χ3v) is 7.77. The Balaban J connectivity index is 1.70. The molecule has 37 heavy (non-hydrogen) atoms. The molecule has 0 spiro atoms. The largest absolute Gasteiger partial charge is 0.359 e. The van der Waals surface area contributed by atoms with Crippen molar-refractivity contribution in [3.05, 3.63) is 83.1 Å². The van der Waals surface area contributed by atoms with E-state index in [2.05, 4.69) is 54.0 Å². The van der Waals surface area contributed by atoms with Crippen LogP contribution < -0.4 is 4.72 Å². The third-order valence-electron chi connectivity index (χ3n) is 6.37. The van der Waals surface area contributed by atoms with E-state index >= 15 is 0 Å². The SMILES string of the molecule is Cc1onc(NS(=O)(=O)c2ccc(CC(C)C)cc2-c2ccc(Cn3ccnc3C(C)(C)C)cc2)c1C. The predicted octanol–water partition coefficient (Wildman–Crippen LogP) is 6.50. The number of nitrogens with zero attached hydrogens (tertiary/aromatic N) is 3. The molecule has 0 saturated heterocycles. The van der Waals surface area contributed by atoms with E-state index in [1.807, 2.05) is 48.8 Å². The highest BCUT2D eigenvalue weighted by atomic mass is 32.2. The molecule has 0 aliphatic heterocycles. The maximum absolute atomic E-state index is 13.5. The number of nitrogens with one attached hydrogen (secondary N) is 1. The van der Waals surface area contributed by atoms with Gasteiger partial charge in [-0.25, -0.2) is 13.4 Å². The van der Waals surface area contributed by atoms with E-state index in [1.165, 1.54) is 0 Å². The lowest BCUT2D eigenvalue weighted by molar-refractivity contribution is 0.399. The molecular weight excluding hydrogens is 484 g/mol. The lowest BCUT2D eigenvalue weighted by Crippen LogP contribution is -2.19. The molecule has 0 radical (unpaired) electrons. The second-order valence-corrected chi connectivity index (χ2v) is 12.7. The summed E-state index contributed by atoms with van der Waals surface area (Å²) in [5, 5.41) is 3.88. The molecule has 7 nitrogen and oxygen atoms in total. The van der Waals surface area contributed by atoms with E-state index in [-0.39, 0.29) is 16.1 Å². The van der Waals surface area contributed by atoms with E-state index in [1.54, 1.807) is 19.9 Å². The summed E-state index contributed by atoms with van der Waals surface area (Å²) in [6.07, 6.45) is 4.68. The smallest absolute Gasteiger partial charge is 0.263 e. The van der Waals surface area contributed by atoms with Crippen molar-refractivity contribution < 1.29 is 12.9 Å². The number of sulfonamides is 1. The van der Waals surface area contributed by atoms with Gasteiger partial charge in [0.2, 0.25) is 0 Å². The molecule has 2 aromatic heterocycles. The minimum atomic E-state index is -3.90. The molecule has 0 atom stereocenters. The topological polar surface area (TPSA) is 90.0 Å². The highest BCUT2D eigenvalue weighted by molar-refractivity contribution is 7.92. The normalized spacial score (nSPS) is 12.3. The molecule has 0 amide bonds. The number of imidazole rings is 1. The monoisotopic (exact) mass is 520 g/mol. The maximum Gasteiger partial charge on any atom is 0.263 e. The third kappa shape index (κ3) is 5.96. The van der Waals surface area contributed by atoms with Crippen LogP contribution in [-0.2, 0) is 28.4 Å². The molecule has 0 unspecified atom stereocenters. The van der Waals surface area contributed by atoms with Gasteiger partial charge in [-0.05, 0) is 55.0 Å². The van der Waals surface area contributed by atoms with Crippen molar-refractivity contribution in [2.24, 2.45) is 5.92 Å². The summed E-state index contributed by atoms with van der Waals surface area (Å²) in [6.45, 7) is 15.0. The van der Waals surface area contributed by atoms with Crippen LogP contribution in [0.3, 0.4) is 0 Å². The lowest BCUT2D eigenvalue weighted by Gasteiger charge is -2.20. The Morgan fingerprint density at radius 1 is 1.03 bits per heavy atom. The van der Waals surface area contributed by atoms with Gasteiger partial charge in [0.15, 0.2) is 5.82 Å². The Bertz CT molecular complexity index is 1490. The van der Waals surface area contributed by atoms with E-state index in [0.29, 0.717) is 29.3 Å². The molecule has 1 N–H and O–H groups in total. The van der Waals surface area contributed by atoms with E-state index in [9.17, 15) is 8.42 Å². The van der Waals surface area contributed by atoms with Gasteiger partial charge in [0.1, 0.15) is 11.6 Å². The average molecular weight is 521 g/mol. The molecule has 0 saturated carbocycles. The summed E-state index contributed by atoms with van der Waals surface area (Å²) in [4.78, 5) is 4.75. The zero-order valence-electron chi connectivity index (χ0n) is 22.7. The molecule has 4 aromatic rings. The van der Waals surface area contributed by atoms with Gasteiger partial charge in [-0.3, -0.25) is 4.72 Å². The minimum absolute atomic E-state index is 0.0582. The van der Waals surface area contributed by atoms with Crippen LogP contribution in [0.5, 0.6) is 0 Å². The summed E-state index contributed by atoms with van der Waals surface area (Å²) >= 11 is 0. The van der Waals surface area contributed by atoms with Crippen LogP contribution >= 0.6 is 0 Å². The van der Waals surface area contributed by atoms with Crippen molar-refractivity contribution in [3.63, 3.8) is 0 Å². The Kier molecular flexibility index (Phi) is 7.33. The maximum atomic E-state index is 13.5. The van der Waals surface area contributed by atoms with Gasteiger partial charge < -0.3 is 9.09 Å². The molecule has 2 heterocycles. The number of anilines is 1. The van der Waals surface area contributed by atoms with Crippen LogP contribution in [0.15, 0.2) is 64.3 Å². The molecule has 4 rings (SSSR count). The second kappa shape index (κ2) is 10.2. The number of hydrogen-bond donors (Lipinski definition) is 1. The number of rotatable bonds is 8. The molecule has 0 fully saturated rings. The van der Waals surface area contributed by atoms with Gasteiger partial charge in [-0.15, -0.1) is 0 Å². The second-order valence-electron chi connectivity index (χ2n) is 11.1. The number of aromatic nitrogens is 3. The summed E-state index contributed by atoms with van der Waals surface area (Å²) in [5.74, 6) is 2.26. The highest BCUT2D eigenvalue weighted by Crippen LogP contribution is 2.32. The van der Waals surface area contributed by atoms with Crippen molar-refractivity contribution in [1.29, 1.82) is 0 Å². The quantitative estimate of drug-likeness (QED) is 0.286. The van der Waals surface area contributed by atoms with Crippen molar-refractivity contribution in [1.82, 2.24) is 14.7 Å². The standard InChI is InChI=1S/C29H36N4O3S/c1-19(2)16-23-10-13-26(37(34,35)32-27-20(3)21(4)36-31-27)25(17-23)24-11-8-22(9-12-24)18-33-15-14-30-28(33)29(5,6)7/h8-15,17,19H,16,18H2,1-7H3,(H,31,32). The lowest BCUT2D eigenvalue weighted by atomic mass is 9.95. The van der Waals surface area contributed by atoms with Crippen LogP contribution in [0.1, 0.15) is 62.9 Å². The summed E-state index contributed by atoms with van der Waals surface area (Å²) in [7, 11) is -3.90. The molecule has 8 heteroatoms. The van der Waals surface area contributed by atoms with E-state index in [4.69, 9.17) is 4.52 Å². The first kappa shape index (κ1) is 26.7. The summed E-state index contributed by atoms with van der Waals surface area (Å²) in [6, 6.07) is 13.6. The van der Waals surface area contributed by atoms with Crippen LogP contribution in [0.25, 0.3) is 11.1 Å². The van der Waals surface area contributed by atoms with Gasteiger partial charge in [-0.2, -0.15) is 0 Å². The van der Waals surface area contributed by atoms with Crippen molar-refractivity contribution in [2.45, 2.75) is 71.7 Å². The Morgan fingerprint density at radius 2 is 1.70 bits per heavy atom. The van der Waals surface area contributed by atoms with E-state index < -0.39 is 10.0 Å². The van der Waals surface area contributed by atoms with E-state index in [0.717, 1.165) is 28.9 Å². The first-order chi connectivity index (χ1) is 17.3. The van der Waals surface area contributed by atoms with Gasteiger partial charge in [0, 0.05) is 35.5 Å². The van der Waals surface area contributed by atoms with Gasteiger partial charge >= 0.3 is 0 Å². The van der Waals surface area contributed by atoms with Crippen molar-refractivity contribution in [3.8, 4) is 11.1 Å². The molecule has 2 aromatic carbocycles. The zero-order valence-corrected chi connectivity index (χ0v) is 23.5. The van der Waals surface area contributed by atoms with Gasteiger partial charge in [-0.1, -0.05) is 70.1 Å². The first-order valence-electron chi connectivity index (χ1n) is 12.5. The number of hydrogen-bond acceptors (Lipinski definition) is 5. The molecule has 196 valence electrons. The van der Waals surface area contributed by atoms with Crippen LogP contribution in [-0.4, -0.2) is 23.1 Å². The Hall–Kier alpha value is -3.39. The number of aryl methyl sites for hydroxylation is 1. The van der Waals surface area contributed by atoms with Crippen molar-refractivity contribution in [2.75, 3.05) is 4.72 Å². The highest BCUT2D eigenvalue weighted by Gasteiger charge is 2.24. The average Bonchev–Trinajstić information content (AvgIpc) is 3.41.